The van der Waals surface area contributed by atoms with Crippen molar-refractivity contribution in [1.82, 2.24) is 0 Å². The molecule has 1 amide bonds. The Hall–Kier alpha value is -1.16. The molecule has 0 spiro atoms. The van der Waals surface area contributed by atoms with E-state index in [-0.39, 0.29) is 5.91 Å². The normalized spacial score (nSPS) is 9.80. The van der Waals surface area contributed by atoms with Crippen molar-refractivity contribution in [2.24, 2.45) is 0 Å². The zero-order valence-electron chi connectivity index (χ0n) is 9.16. The fourth-order valence-corrected chi connectivity index (χ4v) is 1.98. The van der Waals surface area contributed by atoms with Gasteiger partial charge in [0.05, 0.1) is 12.8 Å². The van der Waals surface area contributed by atoms with Crippen LogP contribution in [0.25, 0.3) is 0 Å². The van der Waals surface area contributed by atoms with Crippen molar-refractivity contribution in [3.8, 4) is 5.75 Å². The van der Waals surface area contributed by atoms with Crippen molar-refractivity contribution in [3.05, 3.63) is 18.2 Å². The largest absolute Gasteiger partial charge is 0.497 e. The van der Waals surface area contributed by atoms with Gasteiger partial charge in [0.15, 0.2) is 0 Å². The van der Waals surface area contributed by atoms with E-state index in [0.717, 1.165) is 22.1 Å². The molecule has 0 fully saturated rings. The van der Waals surface area contributed by atoms with Crippen LogP contribution < -0.4 is 10.1 Å². The van der Waals surface area contributed by atoms with Gasteiger partial charge in [-0.15, -0.1) is 11.8 Å². The van der Waals surface area contributed by atoms with E-state index in [9.17, 15) is 4.79 Å². The molecule has 82 valence electrons. The third-order valence-corrected chi connectivity index (χ3v) is 2.74. The predicted octanol–water partition coefficient (Wildman–Crippen LogP) is 2.77. The number of rotatable bonds is 4. The number of methoxy groups -OCH3 is 1. The number of hydrogen-bond donors (Lipinski definition) is 1. The topological polar surface area (TPSA) is 38.3 Å². The number of carbonyl (C=O) groups is 1. The molecule has 0 radical (unpaired) electrons. The van der Waals surface area contributed by atoms with Crippen LogP contribution in [-0.4, -0.2) is 18.8 Å². The van der Waals surface area contributed by atoms with Gasteiger partial charge in [0.2, 0.25) is 5.91 Å². The van der Waals surface area contributed by atoms with Gasteiger partial charge in [0.1, 0.15) is 5.75 Å². The van der Waals surface area contributed by atoms with Gasteiger partial charge in [-0.25, -0.2) is 0 Å². The van der Waals surface area contributed by atoms with Gasteiger partial charge in [-0.05, 0) is 24.0 Å². The average molecular weight is 225 g/mol. The summed E-state index contributed by atoms with van der Waals surface area (Å²) in [5.41, 5.74) is 0.843. The van der Waals surface area contributed by atoms with Gasteiger partial charge >= 0.3 is 0 Å². The van der Waals surface area contributed by atoms with Crippen molar-refractivity contribution in [3.63, 3.8) is 0 Å². The molecule has 15 heavy (non-hydrogen) atoms. The van der Waals surface area contributed by atoms with Crippen molar-refractivity contribution >= 4 is 23.4 Å². The number of benzene rings is 1. The van der Waals surface area contributed by atoms with Gasteiger partial charge in [0, 0.05) is 11.8 Å². The second-order valence-corrected chi connectivity index (χ2v) is 4.28. The minimum Gasteiger partial charge on any atom is -0.497 e. The summed E-state index contributed by atoms with van der Waals surface area (Å²) >= 11 is 1.68. The molecule has 4 heteroatoms. The zero-order chi connectivity index (χ0) is 11.3. The van der Waals surface area contributed by atoms with E-state index >= 15 is 0 Å². The molecule has 0 saturated heterocycles. The van der Waals surface area contributed by atoms with E-state index in [2.05, 4.69) is 12.2 Å². The monoisotopic (exact) mass is 225 g/mol. The molecular weight excluding hydrogens is 210 g/mol. The van der Waals surface area contributed by atoms with E-state index in [4.69, 9.17) is 4.74 Å². The summed E-state index contributed by atoms with van der Waals surface area (Å²) in [6.45, 7) is 3.58. The van der Waals surface area contributed by atoms with Crippen molar-refractivity contribution in [1.29, 1.82) is 0 Å². The summed E-state index contributed by atoms with van der Waals surface area (Å²) in [4.78, 5) is 12.0. The number of thioether (sulfide) groups is 1. The molecule has 1 aromatic carbocycles. The Kier molecular flexibility index (Phi) is 4.49. The number of amides is 1. The van der Waals surface area contributed by atoms with E-state index in [1.165, 1.54) is 6.92 Å². The van der Waals surface area contributed by atoms with E-state index in [1.54, 1.807) is 18.9 Å². The molecule has 1 aromatic rings. The lowest BCUT2D eigenvalue weighted by Gasteiger charge is -2.10. The Labute approximate surface area is 94.2 Å². The Morgan fingerprint density at radius 2 is 2.27 bits per heavy atom. The summed E-state index contributed by atoms with van der Waals surface area (Å²) in [5.74, 6) is 1.71. The Morgan fingerprint density at radius 1 is 1.53 bits per heavy atom. The second-order valence-electron chi connectivity index (χ2n) is 2.98. The van der Waals surface area contributed by atoms with Crippen LogP contribution in [0.1, 0.15) is 13.8 Å². The summed E-state index contributed by atoms with van der Waals surface area (Å²) in [6.07, 6.45) is 0. The fourth-order valence-electron chi connectivity index (χ4n) is 1.20. The maximum atomic E-state index is 11.0. The lowest BCUT2D eigenvalue weighted by Crippen LogP contribution is -2.06. The Morgan fingerprint density at radius 3 is 2.80 bits per heavy atom. The minimum absolute atomic E-state index is 0.0573. The van der Waals surface area contributed by atoms with Crippen LogP contribution in [0.3, 0.4) is 0 Å². The van der Waals surface area contributed by atoms with Crippen LogP contribution in [0.4, 0.5) is 5.69 Å². The molecule has 3 nitrogen and oxygen atoms in total. The molecule has 0 aliphatic carbocycles. The van der Waals surface area contributed by atoms with Crippen LogP contribution in [0, 0.1) is 0 Å². The highest BCUT2D eigenvalue weighted by Gasteiger charge is 2.05. The molecule has 0 aliphatic heterocycles. The summed E-state index contributed by atoms with van der Waals surface area (Å²) in [6, 6.07) is 5.63. The predicted molar refractivity (Wildman–Crippen MR) is 63.7 cm³/mol. The smallest absolute Gasteiger partial charge is 0.221 e. The maximum absolute atomic E-state index is 11.0. The van der Waals surface area contributed by atoms with Gasteiger partial charge in [-0.3, -0.25) is 4.79 Å². The number of carbonyl (C=O) groups excluding carboxylic acids is 1. The molecule has 1 N–H and O–H groups in total. The molecule has 0 saturated carbocycles. The average Bonchev–Trinajstić information content (AvgIpc) is 2.20. The summed E-state index contributed by atoms with van der Waals surface area (Å²) in [5, 5.41) is 2.79. The first-order valence-corrected chi connectivity index (χ1v) is 5.74. The van der Waals surface area contributed by atoms with Crippen molar-refractivity contribution in [2.75, 3.05) is 18.2 Å². The lowest BCUT2D eigenvalue weighted by molar-refractivity contribution is -0.114. The number of ether oxygens (including phenoxy) is 1. The summed E-state index contributed by atoms with van der Waals surface area (Å²) in [7, 11) is 1.63. The number of nitrogens with one attached hydrogen (secondary N) is 1. The number of anilines is 1. The van der Waals surface area contributed by atoms with E-state index < -0.39 is 0 Å². The fraction of sp³-hybridized carbons (Fsp3) is 0.364. The van der Waals surface area contributed by atoms with Crippen LogP contribution in [0.5, 0.6) is 5.75 Å². The first-order chi connectivity index (χ1) is 7.17. The quantitative estimate of drug-likeness (QED) is 0.801. The molecule has 0 heterocycles. The van der Waals surface area contributed by atoms with E-state index in [0.29, 0.717) is 0 Å². The third-order valence-electron chi connectivity index (χ3n) is 1.80. The third kappa shape index (κ3) is 3.47. The van der Waals surface area contributed by atoms with Crippen LogP contribution in [0.15, 0.2) is 23.1 Å². The number of hydrogen-bond acceptors (Lipinski definition) is 3. The first kappa shape index (κ1) is 11.9. The van der Waals surface area contributed by atoms with Crippen LogP contribution in [0.2, 0.25) is 0 Å². The highest BCUT2D eigenvalue weighted by atomic mass is 32.2. The zero-order valence-corrected chi connectivity index (χ0v) is 9.98. The van der Waals surface area contributed by atoms with E-state index in [1.807, 2.05) is 18.2 Å². The highest BCUT2D eigenvalue weighted by molar-refractivity contribution is 7.99. The van der Waals surface area contributed by atoms with Crippen molar-refractivity contribution < 1.29 is 9.53 Å². The molecule has 0 atom stereocenters. The highest BCUT2D eigenvalue weighted by Crippen LogP contribution is 2.30. The van der Waals surface area contributed by atoms with Crippen molar-refractivity contribution in [2.45, 2.75) is 18.7 Å². The van der Waals surface area contributed by atoms with Gasteiger partial charge in [0.25, 0.3) is 0 Å². The summed E-state index contributed by atoms with van der Waals surface area (Å²) < 4.78 is 5.14. The maximum Gasteiger partial charge on any atom is 0.221 e. The van der Waals surface area contributed by atoms with Gasteiger partial charge < -0.3 is 10.1 Å². The molecule has 0 aromatic heterocycles. The van der Waals surface area contributed by atoms with Gasteiger partial charge in [-0.1, -0.05) is 6.92 Å². The standard InChI is InChI=1S/C11H15NO2S/c1-4-15-11-7-9(14-3)5-6-10(11)12-8(2)13/h5-7H,4H2,1-3H3,(H,12,13). The SMILES string of the molecule is CCSc1cc(OC)ccc1NC(C)=O. The lowest BCUT2D eigenvalue weighted by atomic mass is 10.3. The second kappa shape index (κ2) is 5.66. The Balaban J connectivity index is 2.97. The molecule has 1 rings (SSSR count). The van der Waals surface area contributed by atoms with Crippen LogP contribution in [-0.2, 0) is 4.79 Å². The minimum atomic E-state index is -0.0573. The first-order valence-electron chi connectivity index (χ1n) is 4.75. The molecule has 0 aliphatic rings. The molecular formula is C11H15NO2S. The molecule has 0 bridgehead atoms. The Bertz CT molecular complexity index is 352. The molecule has 0 unspecified atom stereocenters. The van der Waals surface area contributed by atoms with Gasteiger partial charge in [-0.2, -0.15) is 0 Å². The van der Waals surface area contributed by atoms with Crippen LogP contribution >= 0.6 is 11.8 Å².